The third-order valence-corrected chi connectivity index (χ3v) is 5.03. The molecule has 0 bridgehead atoms. The Morgan fingerprint density at radius 1 is 1.37 bits per heavy atom. The Labute approximate surface area is 159 Å². The summed E-state index contributed by atoms with van der Waals surface area (Å²) in [7, 11) is 0. The molecule has 0 fully saturated rings. The molecule has 4 rings (SSSR count). The summed E-state index contributed by atoms with van der Waals surface area (Å²) in [6.07, 6.45) is 2.83. The zero-order valence-electron chi connectivity index (χ0n) is 14.8. The second-order valence-electron chi connectivity index (χ2n) is 7.21. The van der Waals surface area contributed by atoms with Gasteiger partial charge in [0.1, 0.15) is 18.0 Å². The molecule has 140 valence electrons. The molecule has 0 saturated heterocycles. The van der Waals surface area contributed by atoms with Crippen molar-refractivity contribution in [1.82, 2.24) is 19.2 Å². The Bertz CT molecular complexity index is 1120. The number of hydrogen-bond acceptors (Lipinski definition) is 4. The Kier molecular flexibility index (Phi) is 4.03. The standard InChI is InChI=1S/C18H17ClFN5O2/c1-18(2)9-24(15(27)7-19)13-5-11(17-21-10-22-25(17)16(13)18)8-23-4-3-12(20)6-14(23)26/h3-6,10H,7-9H2,1-2H3. The van der Waals surface area contributed by atoms with Crippen molar-refractivity contribution in [3.63, 3.8) is 0 Å². The summed E-state index contributed by atoms with van der Waals surface area (Å²) in [6, 6.07) is 4.00. The average Bonchev–Trinajstić information content (AvgIpc) is 3.19. The monoisotopic (exact) mass is 389 g/mol. The van der Waals surface area contributed by atoms with Gasteiger partial charge in [-0.1, -0.05) is 13.8 Å². The second-order valence-corrected chi connectivity index (χ2v) is 7.47. The van der Waals surface area contributed by atoms with E-state index in [2.05, 4.69) is 10.1 Å². The molecule has 0 unspecified atom stereocenters. The van der Waals surface area contributed by atoms with Gasteiger partial charge in [-0.25, -0.2) is 13.9 Å². The van der Waals surface area contributed by atoms with Crippen molar-refractivity contribution in [1.29, 1.82) is 0 Å². The number of alkyl halides is 1. The van der Waals surface area contributed by atoms with Crippen LogP contribution >= 0.6 is 11.6 Å². The average molecular weight is 390 g/mol. The van der Waals surface area contributed by atoms with Gasteiger partial charge in [0, 0.05) is 29.8 Å². The van der Waals surface area contributed by atoms with Crippen molar-refractivity contribution in [2.24, 2.45) is 0 Å². The van der Waals surface area contributed by atoms with Gasteiger partial charge < -0.3 is 9.47 Å². The maximum atomic E-state index is 13.2. The molecule has 1 aliphatic heterocycles. The largest absolute Gasteiger partial charge is 0.311 e. The van der Waals surface area contributed by atoms with Crippen LogP contribution in [0.1, 0.15) is 25.1 Å². The summed E-state index contributed by atoms with van der Waals surface area (Å²) < 4.78 is 16.3. The summed E-state index contributed by atoms with van der Waals surface area (Å²) in [5.41, 5.74) is 2.07. The van der Waals surface area contributed by atoms with E-state index in [1.165, 1.54) is 23.2 Å². The lowest BCUT2D eigenvalue weighted by atomic mass is 9.91. The van der Waals surface area contributed by atoms with Crippen LogP contribution in [-0.2, 0) is 16.8 Å². The molecule has 7 nitrogen and oxygen atoms in total. The topological polar surface area (TPSA) is 72.5 Å². The van der Waals surface area contributed by atoms with Gasteiger partial charge in [0.05, 0.1) is 17.9 Å². The van der Waals surface area contributed by atoms with E-state index in [-0.39, 0.29) is 23.7 Å². The number of fused-ring (bicyclic) bond motifs is 3. The van der Waals surface area contributed by atoms with Crippen molar-refractivity contribution in [2.75, 3.05) is 17.3 Å². The van der Waals surface area contributed by atoms with Crippen LogP contribution in [0.2, 0.25) is 0 Å². The zero-order valence-corrected chi connectivity index (χ0v) is 15.6. The molecule has 1 aliphatic rings. The first kappa shape index (κ1) is 17.7. The van der Waals surface area contributed by atoms with E-state index >= 15 is 0 Å². The van der Waals surface area contributed by atoms with Gasteiger partial charge in [-0.2, -0.15) is 5.10 Å². The van der Waals surface area contributed by atoms with Gasteiger partial charge in [-0.3, -0.25) is 9.59 Å². The number of carbonyl (C=O) groups is 1. The summed E-state index contributed by atoms with van der Waals surface area (Å²) in [5, 5.41) is 4.33. The highest BCUT2D eigenvalue weighted by Gasteiger charge is 2.41. The van der Waals surface area contributed by atoms with Gasteiger partial charge in [-0.15, -0.1) is 11.6 Å². The fourth-order valence-corrected chi connectivity index (χ4v) is 3.78. The van der Waals surface area contributed by atoms with E-state index < -0.39 is 11.4 Å². The SMILES string of the molecule is CC1(C)CN(C(=O)CCl)c2cc(Cn3ccc(F)cc3=O)c3ncnn3c21. The minimum absolute atomic E-state index is 0.127. The first-order valence-electron chi connectivity index (χ1n) is 8.40. The molecule has 0 radical (unpaired) electrons. The molecular formula is C18H17ClFN5O2. The third-order valence-electron chi connectivity index (χ3n) is 4.80. The molecule has 27 heavy (non-hydrogen) atoms. The maximum Gasteiger partial charge on any atom is 0.253 e. The number of halogens is 2. The quantitative estimate of drug-likeness (QED) is 0.642. The number of hydrogen-bond donors (Lipinski definition) is 0. The van der Waals surface area contributed by atoms with Crippen molar-refractivity contribution in [3.05, 3.63) is 58.2 Å². The molecule has 0 N–H and O–H groups in total. The fourth-order valence-electron chi connectivity index (χ4n) is 3.63. The molecule has 0 atom stereocenters. The zero-order chi connectivity index (χ0) is 19.3. The number of nitrogens with zero attached hydrogens (tertiary/aromatic N) is 5. The van der Waals surface area contributed by atoms with E-state index in [1.807, 2.05) is 19.9 Å². The van der Waals surface area contributed by atoms with E-state index in [1.54, 1.807) is 9.42 Å². The van der Waals surface area contributed by atoms with E-state index in [0.717, 1.165) is 11.8 Å². The van der Waals surface area contributed by atoms with Gasteiger partial charge >= 0.3 is 0 Å². The van der Waals surface area contributed by atoms with Crippen LogP contribution in [0, 0.1) is 5.82 Å². The minimum atomic E-state index is -0.585. The molecule has 0 saturated carbocycles. The van der Waals surface area contributed by atoms with Crippen molar-refractivity contribution in [3.8, 4) is 0 Å². The number of amides is 1. The minimum Gasteiger partial charge on any atom is -0.311 e. The lowest BCUT2D eigenvalue weighted by Crippen LogP contribution is -2.34. The molecule has 0 aliphatic carbocycles. The molecular weight excluding hydrogens is 373 g/mol. The molecule has 0 aromatic carbocycles. The van der Waals surface area contributed by atoms with Crippen LogP contribution in [0.15, 0.2) is 35.5 Å². The predicted molar refractivity (Wildman–Crippen MR) is 98.8 cm³/mol. The van der Waals surface area contributed by atoms with Crippen LogP contribution in [0.4, 0.5) is 10.1 Å². The van der Waals surface area contributed by atoms with Gasteiger partial charge in [-0.05, 0) is 12.1 Å². The van der Waals surface area contributed by atoms with Crippen LogP contribution < -0.4 is 10.5 Å². The molecule has 4 heterocycles. The number of anilines is 1. The molecule has 3 aromatic rings. The van der Waals surface area contributed by atoms with E-state index in [0.29, 0.717) is 23.4 Å². The maximum absolute atomic E-state index is 13.2. The molecule has 1 amide bonds. The second kappa shape index (κ2) is 6.16. The van der Waals surface area contributed by atoms with Crippen LogP contribution in [0.25, 0.3) is 5.65 Å². The van der Waals surface area contributed by atoms with Crippen molar-refractivity contribution >= 4 is 28.8 Å². The first-order valence-corrected chi connectivity index (χ1v) is 8.94. The molecule has 3 aromatic heterocycles. The van der Waals surface area contributed by atoms with Gasteiger partial charge in [0.25, 0.3) is 5.56 Å². The third kappa shape index (κ3) is 2.80. The van der Waals surface area contributed by atoms with Crippen LogP contribution in [0.5, 0.6) is 0 Å². The lowest BCUT2D eigenvalue weighted by Gasteiger charge is -2.19. The van der Waals surface area contributed by atoms with Gasteiger partial charge in [0.15, 0.2) is 5.65 Å². The summed E-state index contributed by atoms with van der Waals surface area (Å²) >= 11 is 5.79. The summed E-state index contributed by atoms with van der Waals surface area (Å²) in [4.78, 5) is 30.4. The number of pyridine rings is 2. The van der Waals surface area contributed by atoms with E-state index in [4.69, 9.17) is 11.6 Å². The Hall–Kier alpha value is -2.74. The Morgan fingerprint density at radius 3 is 2.85 bits per heavy atom. The summed E-state index contributed by atoms with van der Waals surface area (Å²) in [5.74, 6) is -0.913. The fraction of sp³-hybridized carbons (Fsp3) is 0.333. The lowest BCUT2D eigenvalue weighted by molar-refractivity contribution is -0.116. The molecule has 9 heteroatoms. The highest BCUT2D eigenvalue weighted by molar-refractivity contribution is 6.29. The van der Waals surface area contributed by atoms with Crippen LogP contribution in [0.3, 0.4) is 0 Å². The normalized spacial score (nSPS) is 15.3. The number of rotatable bonds is 3. The predicted octanol–water partition coefficient (Wildman–Crippen LogP) is 1.94. The Balaban J connectivity index is 1.91. The number of aromatic nitrogens is 4. The van der Waals surface area contributed by atoms with Crippen molar-refractivity contribution < 1.29 is 9.18 Å². The molecule has 0 spiro atoms. The number of carbonyl (C=O) groups excluding carboxylic acids is 1. The van der Waals surface area contributed by atoms with Crippen molar-refractivity contribution in [2.45, 2.75) is 25.8 Å². The Morgan fingerprint density at radius 2 is 2.15 bits per heavy atom. The highest BCUT2D eigenvalue weighted by atomic mass is 35.5. The van der Waals surface area contributed by atoms with Gasteiger partial charge in [0.2, 0.25) is 5.91 Å². The van der Waals surface area contributed by atoms with E-state index in [9.17, 15) is 14.0 Å². The summed E-state index contributed by atoms with van der Waals surface area (Å²) in [6.45, 7) is 4.71. The smallest absolute Gasteiger partial charge is 0.253 e. The highest BCUT2D eigenvalue weighted by Crippen LogP contribution is 2.41. The van der Waals surface area contributed by atoms with Crippen LogP contribution in [-0.4, -0.2) is 37.5 Å². The first-order chi connectivity index (χ1) is 12.8.